The number of benzene rings is 1. The number of carbonyl (C=O) groups is 2. The molecule has 1 aromatic carbocycles. The maximum atomic E-state index is 12.7. The highest BCUT2D eigenvalue weighted by Crippen LogP contribution is 2.49. The van der Waals surface area contributed by atoms with Crippen molar-refractivity contribution < 1.29 is 14.5 Å². The fourth-order valence-corrected chi connectivity index (χ4v) is 5.40. The Morgan fingerprint density at radius 2 is 1.93 bits per heavy atom. The Balaban J connectivity index is 1.20. The topological polar surface area (TPSA) is 53.9 Å². The number of amides is 2. The molecule has 2 bridgehead atoms. The van der Waals surface area contributed by atoms with Crippen molar-refractivity contribution in [2.75, 3.05) is 38.0 Å². The minimum absolute atomic E-state index is 0.0279. The van der Waals surface area contributed by atoms with Crippen molar-refractivity contribution in [1.82, 2.24) is 4.90 Å². The smallest absolute Gasteiger partial charge is 0.279 e. The van der Waals surface area contributed by atoms with E-state index in [1.165, 1.54) is 30.6 Å². The third-order valence-corrected chi connectivity index (χ3v) is 7.03. The summed E-state index contributed by atoms with van der Waals surface area (Å²) in [5.41, 5.74) is 0.656. The predicted molar refractivity (Wildman–Crippen MR) is 106 cm³/mol. The van der Waals surface area contributed by atoms with Crippen LogP contribution in [0.15, 0.2) is 24.3 Å². The summed E-state index contributed by atoms with van der Waals surface area (Å²) in [6.07, 6.45) is 6.08. The molecule has 2 aliphatic carbocycles. The maximum Gasteiger partial charge on any atom is 0.279 e. The van der Waals surface area contributed by atoms with E-state index >= 15 is 0 Å². The number of quaternary nitrogens is 1. The monoisotopic (exact) mass is 390 g/mol. The van der Waals surface area contributed by atoms with Crippen molar-refractivity contribution in [3.05, 3.63) is 29.3 Å². The Morgan fingerprint density at radius 3 is 2.59 bits per heavy atom. The van der Waals surface area contributed by atoms with Crippen LogP contribution in [-0.2, 0) is 9.59 Å². The summed E-state index contributed by atoms with van der Waals surface area (Å²) in [5, 5.41) is 3.44. The van der Waals surface area contributed by atoms with Crippen molar-refractivity contribution in [2.45, 2.75) is 32.1 Å². The highest BCUT2D eigenvalue weighted by molar-refractivity contribution is 6.33. The van der Waals surface area contributed by atoms with Gasteiger partial charge in [-0.15, -0.1) is 0 Å². The summed E-state index contributed by atoms with van der Waals surface area (Å²) in [4.78, 5) is 28.2. The molecule has 1 heterocycles. The molecule has 5 nitrogen and oxygen atoms in total. The van der Waals surface area contributed by atoms with Crippen LogP contribution < -0.4 is 10.2 Å². The molecule has 3 atom stereocenters. The normalized spacial score (nSPS) is 27.7. The summed E-state index contributed by atoms with van der Waals surface area (Å²) >= 11 is 6.09. The second-order valence-electron chi connectivity index (χ2n) is 8.47. The van der Waals surface area contributed by atoms with E-state index in [4.69, 9.17) is 11.6 Å². The van der Waals surface area contributed by atoms with Gasteiger partial charge in [0.05, 0.1) is 36.9 Å². The van der Waals surface area contributed by atoms with Crippen LogP contribution in [0.1, 0.15) is 32.1 Å². The average molecular weight is 391 g/mol. The number of anilines is 1. The van der Waals surface area contributed by atoms with E-state index in [-0.39, 0.29) is 5.91 Å². The zero-order valence-corrected chi connectivity index (χ0v) is 16.5. The zero-order chi connectivity index (χ0) is 18.8. The first kappa shape index (κ1) is 18.8. The molecule has 1 saturated heterocycles. The number of carbonyl (C=O) groups excluding carboxylic acids is 2. The molecule has 0 spiro atoms. The Kier molecular flexibility index (Phi) is 5.69. The lowest BCUT2D eigenvalue weighted by Gasteiger charge is -2.33. The minimum Gasteiger partial charge on any atom is -0.331 e. The van der Waals surface area contributed by atoms with E-state index in [0.29, 0.717) is 29.1 Å². The molecule has 2 N–H and O–H groups in total. The first-order valence-corrected chi connectivity index (χ1v) is 10.6. The molecule has 2 amide bonds. The van der Waals surface area contributed by atoms with Gasteiger partial charge in [-0.3, -0.25) is 9.59 Å². The molecule has 0 radical (unpaired) electrons. The van der Waals surface area contributed by atoms with Crippen molar-refractivity contribution >= 4 is 29.1 Å². The number of hydrogen-bond donors (Lipinski definition) is 2. The number of nitrogens with one attached hydrogen (secondary N) is 2. The first-order valence-electron chi connectivity index (χ1n) is 10.2. The number of halogens is 1. The second kappa shape index (κ2) is 8.19. The summed E-state index contributed by atoms with van der Waals surface area (Å²) in [7, 11) is 0. The van der Waals surface area contributed by atoms with E-state index in [9.17, 15) is 9.59 Å². The number of fused-ring (bicyclic) bond motifs is 2. The van der Waals surface area contributed by atoms with Gasteiger partial charge < -0.3 is 15.1 Å². The minimum atomic E-state index is -0.0279. The van der Waals surface area contributed by atoms with Crippen molar-refractivity contribution in [3.63, 3.8) is 0 Å². The summed E-state index contributed by atoms with van der Waals surface area (Å²) < 4.78 is 0. The van der Waals surface area contributed by atoms with Crippen LogP contribution in [0.2, 0.25) is 5.02 Å². The molecular formula is C21H29ClN3O2+. The van der Waals surface area contributed by atoms with Gasteiger partial charge in [0.15, 0.2) is 6.54 Å². The summed E-state index contributed by atoms with van der Waals surface area (Å²) in [6.45, 7) is 3.60. The predicted octanol–water partition coefficient (Wildman–Crippen LogP) is 1.83. The zero-order valence-electron chi connectivity index (χ0n) is 15.8. The Bertz CT molecular complexity index is 702. The van der Waals surface area contributed by atoms with Crippen LogP contribution in [0.25, 0.3) is 0 Å². The molecule has 1 aliphatic heterocycles. The van der Waals surface area contributed by atoms with Crippen molar-refractivity contribution in [2.24, 2.45) is 17.8 Å². The number of para-hydroxylation sites is 1. The SMILES string of the molecule is O=C(C[NH+]1CCN(C(=O)C[C@H]2C[C@H]3CC[C@@H]2C3)CC1)Nc1ccccc1Cl. The number of hydrogen-bond acceptors (Lipinski definition) is 2. The van der Waals surface area contributed by atoms with E-state index in [1.54, 1.807) is 6.07 Å². The fourth-order valence-electron chi connectivity index (χ4n) is 5.21. The van der Waals surface area contributed by atoms with E-state index in [1.807, 2.05) is 23.1 Å². The lowest BCUT2D eigenvalue weighted by molar-refractivity contribution is -0.895. The number of piperazine rings is 1. The van der Waals surface area contributed by atoms with Gasteiger partial charge in [-0.05, 0) is 49.1 Å². The van der Waals surface area contributed by atoms with Crippen LogP contribution in [0, 0.1) is 17.8 Å². The van der Waals surface area contributed by atoms with Gasteiger partial charge >= 0.3 is 0 Å². The van der Waals surface area contributed by atoms with E-state index < -0.39 is 0 Å². The van der Waals surface area contributed by atoms with Gasteiger partial charge in [-0.1, -0.05) is 30.2 Å². The van der Waals surface area contributed by atoms with Crippen molar-refractivity contribution in [3.8, 4) is 0 Å². The number of rotatable bonds is 5. The second-order valence-corrected chi connectivity index (χ2v) is 8.88. The van der Waals surface area contributed by atoms with Crippen LogP contribution in [0.3, 0.4) is 0 Å². The Hall–Kier alpha value is -1.59. The molecule has 146 valence electrons. The highest BCUT2D eigenvalue weighted by atomic mass is 35.5. The Morgan fingerprint density at radius 1 is 1.15 bits per heavy atom. The quantitative estimate of drug-likeness (QED) is 0.806. The Labute approximate surface area is 166 Å². The van der Waals surface area contributed by atoms with Gasteiger partial charge in [0, 0.05) is 6.42 Å². The van der Waals surface area contributed by atoms with Gasteiger partial charge in [0.1, 0.15) is 0 Å². The van der Waals surface area contributed by atoms with Crippen LogP contribution >= 0.6 is 11.6 Å². The third-order valence-electron chi connectivity index (χ3n) is 6.70. The fraction of sp³-hybridized carbons (Fsp3) is 0.619. The molecule has 0 aromatic heterocycles. The molecule has 1 aromatic rings. The molecule has 6 heteroatoms. The summed E-state index contributed by atoms with van der Waals surface area (Å²) in [6, 6.07) is 7.28. The highest BCUT2D eigenvalue weighted by Gasteiger charge is 2.41. The molecule has 27 heavy (non-hydrogen) atoms. The van der Waals surface area contributed by atoms with E-state index in [2.05, 4.69) is 5.32 Å². The molecule has 3 aliphatic rings. The number of nitrogens with zero attached hydrogens (tertiary/aromatic N) is 1. The lowest BCUT2D eigenvalue weighted by atomic mass is 9.86. The standard InChI is InChI=1S/C21H28ClN3O2/c22-18-3-1-2-4-19(18)23-20(26)14-24-7-9-25(10-8-24)21(27)13-17-12-15-5-6-16(17)11-15/h1-4,15-17H,5-14H2,(H,23,26)/p+1/t15-,16+,17+/m0/s1. The van der Waals surface area contributed by atoms with E-state index in [0.717, 1.165) is 44.4 Å². The third kappa shape index (κ3) is 4.46. The lowest BCUT2D eigenvalue weighted by Crippen LogP contribution is -3.15. The molecule has 2 saturated carbocycles. The molecular weight excluding hydrogens is 362 g/mol. The molecule has 4 rings (SSSR count). The van der Waals surface area contributed by atoms with Crippen molar-refractivity contribution in [1.29, 1.82) is 0 Å². The molecule has 0 unspecified atom stereocenters. The van der Waals surface area contributed by atoms with Gasteiger partial charge in [-0.25, -0.2) is 0 Å². The van der Waals surface area contributed by atoms with Crippen LogP contribution in [0.5, 0.6) is 0 Å². The molecule has 3 fully saturated rings. The van der Waals surface area contributed by atoms with Gasteiger partial charge in [0.25, 0.3) is 5.91 Å². The van der Waals surface area contributed by atoms with Gasteiger partial charge in [0.2, 0.25) is 5.91 Å². The summed E-state index contributed by atoms with van der Waals surface area (Å²) in [5.74, 6) is 2.63. The first-order chi connectivity index (χ1) is 13.1. The largest absolute Gasteiger partial charge is 0.331 e. The average Bonchev–Trinajstić information content (AvgIpc) is 3.27. The van der Waals surface area contributed by atoms with Crippen LogP contribution in [0.4, 0.5) is 5.69 Å². The van der Waals surface area contributed by atoms with Crippen LogP contribution in [-0.4, -0.2) is 49.4 Å². The maximum absolute atomic E-state index is 12.7. The van der Waals surface area contributed by atoms with Gasteiger partial charge in [-0.2, -0.15) is 0 Å².